The van der Waals surface area contributed by atoms with Crippen molar-refractivity contribution < 1.29 is 5.11 Å². The van der Waals surface area contributed by atoms with E-state index in [-0.39, 0.29) is 0 Å². The number of nitrogens with zero attached hydrogens (tertiary/aromatic N) is 2. The molecule has 0 saturated carbocycles. The molecule has 0 amide bonds. The molecule has 3 nitrogen and oxygen atoms in total. The number of rotatable bonds is 6. The minimum Gasteiger partial charge on any atom is -0.508 e. The van der Waals surface area contributed by atoms with Crippen LogP contribution in [0.25, 0.3) is 0 Å². The Labute approximate surface area is 123 Å². The molecule has 2 rings (SSSR count). The zero-order valence-corrected chi connectivity index (χ0v) is 13.1. The minimum atomic E-state index is 0.478. The summed E-state index contributed by atoms with van der Waals surface area (Å²) in [5.41, 5.74) is 2.53. The van der Waals surface area contributed by atoms with Crippen LogP contribution >= 0.6 is 0 Å². The third-order valence-electron chi connectivity index (χ3n) is 4.24. The predicted octanol–water partition coefficient (Wildman–Crippen LogP) is 3.04. The SMILES string of the molecule is CCCN(CCN(C)C)C1CCCc2c(O)cccc21. The van der Waals surface area contributed by atoms with E-state index in [0.29, 0.717) is 11.8 Å². The Kier molecular flexibility index (Phi) is 5.44. The third-order valence-corrected chi connectivity index (χ3v) is 4.24. The van der Waals surface area contributed by atoms with Crippen molar-refractivity contribution in [1.29, 1.82) is 0 Å². The van der Waals surface area contributed by atoms with Gasteiger partial charge in [-0.25, -0.2) is 0 Å². The van der Waals surface area contributed by atoms with Crippen molar-refractivity contribution in [2.45, 2.75) is 38.6 Å². The number of phenolic OH excluding ortho intramolecular Hbond substituents is 1. The van der Waals surface area contributed by atoms with Gasteiger partial charge in [0, 0.05) is 19.1 Å². The van der Waals surface area contributed by atoms with Gasteiger partial charge in [-0.1, -0.05) is 19.1 Å². The standard InChI is InChI=1S/C17H28N2O/c1-4-11-19(13-12-18(2)3)16-9-5-8-15-14(16)7-6-10-17(15)20/h6-7,10,16,20H,4-5,8-9,11-13H2,1-3H3. The summed E-state index contributed by atoms with van der Waals surface area (Å²) in [5.74, 6) is 0.483. The molecule has 0 radical (unpaired) electrons. The molecule has 112 valence electrons. The Bertz CT molecular complexity index is 431. The van der Waals surface area contributed by atoms with E-state index in [0.717, 1.165) is 26.1 Å². The molecule has 20 heavy (non-hydrogen) atoms. The second kappa shape index (κ2) is 7.09. The summed E-state index contributed by atoms with van der Waals surface area (Å²) in [6.07, 6.45) is 4.59. The van der Waals surface area contributed by atoms with Crippen molar-refractivity contribution in [2.24, 2.45) is 0 Å². The van der Waals surface area contributed by atoms with E-state index < -0.39 is 0 Å². The highest BCUT2D eigenvalue weighted by Crippen LogP contribution is 2.38. The molecular weight excluding hydrogens is 248 g/mol. The molecule has 0 bridgehead atoms. The molecule has 1 aliphatic rings. The first-order chi connectivity index (χ1) is 9.63. The Morgan fingerprint density at radius 1 is 1.20 bits per heavy atom. The average Bonchev–Trinajstić information content (AvgIpc) is 2.43. The quantitative estimate of drug-likeness (QED) is 0.865. The van der Waals surface area contributed by atoms with Gasteiger partial charge >= 0.3 is 0 Å². The summed E-state index contributed by atoms with van der Waals surface area (Å²) in [6.45, 7) is 5.56. The minimum absolute atomic E-state index is 0.478. The molecule has 3 heteroatoms. The maximum Gasteiger partial charge on any atom is 0.119 e. The van der Waals surface area contributed by atoms with Gasteiger partial charge in [0.1, 0.15) is 5.75 Å². The van der Waals surface area contributed by atoms with E-state index in [1.165, 1.54) is 30.4 Å². The first kappa shape index (κ1) is 15.3. The number of hydrogen-bond donors (Lipinski definition) is 1. The summed E-state index contributed by atoms with van der Waals surface area (Å²) in [6, 6.07) is 6.50. The fraction of sp³-hybridized carbons (Fsp3) is 0.647. The number of phenols is 1. The fourth-order valence-electron chi connectivity index (χ4n) is 3.22. The van der Waals surface area contributed by atoms with Crippen molar-refractivity contribution in [2.75, 3.05) is 33.7 Å². The summed E-state index contributed by atoms with van der Waals surface area (Å²) in [7, 11) is 4.26. The number of benzene rings is 1. The van der Waals surface area contributed by atoms with Crippen LogP contribution in [0.5, 0.6) is 5.75 Å². The number of aromatic hydroxyl groups is 1. The number of hydrogen-bond acceptors (Lipinski definition) is 3. The molecule has 0 aromatic heterocycles. The van der Waals surface area contributed by atoms with Crippen LogP contribution in [-0.2, 0) is 6.42 Å². The summed E-state index contributed by atoms with van der Waals surface area (Å²) in [5, 5.41) is 10.1. The van der Waals surface area contributed by atoms with Crippen LogP contribution in [0.2, 0.25) is 0 Å². The first-order valence-corrected chi connectivity index (χ1v) is 7.83. The molecule has 1 aromatic rings. The van der Waals surface area contributed by atoms with Gasteiger partial charge in [-0.2, -0.15) is 0 Å². The van der Waals surface area contributed by atoms with Crippen LogP contribution in [0, 0.1) is 0 Å². The Morgan fingerprint density at radius 3 is 2.70 bits per heavy atom. The van der Waals surface area contributed by atoms with Crippen LogP contribution in [0.1, 0.15) is 43.4 Å². The van der Waals surface area contributed by atoms with Crippen LogP contribution in [0.4, 0.5) is 0 Å². The fourth-order valence-corrected chi connectivity index (χ4v) is 3.22. The lowest BCUT2D eigenvalue weighted by atomic mass is 9.86. The zero-order chi connectivity index (χ0) is 14.5. The van der Waals surface area contributed by atoms with Crippen LogP contribution in [0.3, 0.4) is 0 Å². The molecule has 0 heterocycles. The first-order valence-electron chi connectivity index (χ1n) is 7.83. The number of fused-ring (bicyclic) bond motifs is 1. The zero-order valence-electron chi connectivity index (χ0n) is 13.1. The highest BCUT2D eigenvalue weighted by Gasteiger charge is 2.26. The highest BCUT2D eigenvalue weighted by atomic mass is 16.3. The van der Waals surface area contributed by atoms with E-state index in [9.17, 15) is 5.11 Å². The molecule has 1 aromatic carbocycles. The van der Waals surface area contributed by atoms with Gasteiger partial charge in [-0.15, -0.1) is 0 Å². The molecule has 0 fully saturated rings. The van der Waals surface area contributed by atoms with Crippen molar-refractivity contribution in [3.8, 4) is 5.75 Å². The summed E-state index contributed by atoms with van der Waals surface area (Å²) >= 11 is 0. The van der Waals surface area contributed by atoms with Crippen LogP contribution in [0.15, 0.2) is 18.2 Å². The van der Waals surface area contributed by atoms with Crippen molar-refractivity contribution in [3.63, 3.8) is 0 Å². The normalized spacial score (nSPS) is 18.6. The highest BCUT2D eigenvalue weighted by molar-refractivity contribution is 5.42. The van der Waals surface area contributed by atoms with Gasteiger partial charge in [-0.05, 0) is 63.5 Å². The Balaban J connectivity index is 2.20. The second-order valence-corrected chi connectivity index (χ2v) is 6.09. The van der Waals surface area contributed by atoms with Crippen molar-refractivity contribution in [3.05, 3.63) is 29.3 Å². The van der Waals surface area contributed by atoms with Crippen LogP contribution < -0.4 is 0 Å². The third kappa shape index (κ3) is 3.53. The maximum absolute atomic E-state index is 10.1. The average molecular weight is 276 g/mol. The van der Waals surface area contributed by atoms with Gasteiger partial charge in [0.05, 0.1) is 0 Å². The monoisotopic (exact) mass is 276 g/mol. The molecule has 0 saturated heterocycles. The van der Waals surface area contributed by atoms with E-state index >= 15 is 0 Å². The Morgan fingerprint density at radius 2 is 2.00 bits per heavy atom. The molecule has 1 aliphatic carbocycles. The van der Waals surface area contributed by atoms with Gasteiger partial charge in [-0.3, -0.25) is 4.90 Å². The topological polar surface area (TPSA) is 26.7 Å². The van der Waals surface area contributed by atoms with Gasteiger partial charge in [0.2, 0.25) is 0 Å². The molecule has 1 atom stereocenters. The van der Waals surface area contributed by atoms with E-state index in [4.69, 9.17) is 0 Å². The van der Waals surface area contributed by atoms with Gasteiger partial charge in [0.15, 0.2) is 0 Å². The lowest BCUT2D eigenvalue weighted by Crippen LogP contribution is -2.37. The van der Waals surface area contributed by atoms with E-state index in [2.05, 4.69) is 36.9 Å². The van der Waals surface area contributed by atoms with Gasteiger partial charge < -0.3 is 10.0 Å². The summed E-state index contributed by atoms with van der Waals surface area (Å²) in [4.78, 5) is 4.84. The lowest BCUT2D eigenvalue weighted by molar-refractivity contribution is 0.162. The number of likely N-dealkylation sites (N-methyl/N-ethyl adjacent to an activating group) is 1. The largest absolute Gasteiger partial charge is 0.508 e. The molecule has 1 N–H and O–H groups in total. The summed E-state index contributed by atoms with van der Waals surface area (Å²) < 4.78 is 0. The molecule has 0 spiro atoms. The molecule has 1 unspecified atom stereocenters. The molecular formula is C17H28N2O. The van der Waals surface area contributed by atoms with Gasteiger partial charge in [0.25, 0.3) is 0 Å². The Hall–Kier alpha value is -1.06. The smallest absolute Gasteiger partial charge is 0.119 e. The van der Waals surface area contributed by atoms with Crippen molar-refractivity contribution in [1.82, 2.24) is 9.80 Å². The van der Waals surface area contributed by atoms with Crippen molar-refractivity contribution >= 4 is 0 Å². The second-order valence-electron chi connectivity index (χ2n) is 6.09. The van der Waals surface area contributed by atoms with Crippen LogP contribution in [-0.4, -0.2) is 48.6 Å². The lowest BCUT2D eigenvalue weighted by Gasteiger charge is -2.36. The van der Waals surface area contributed by atoms with E-state index in [1.54, 1.807) is 0 Å². The van der Waals surface area contributed by atoms with E-state index in [1.807, 2.05) is 12.1 Å². The molecule has 0 aliphatic heterocycles. The predicted molar refractivity (Wildman–Crippen MR) is 84.2 cm³/mol. The maximum atomic E-state index is 10.1.